The predicted molar refractivity (Wildman–Crippen MR) is 174 cm³/mol. The Balaban J connectivity index is 1.29. The van der Waals surface area contributed by atoms with Gasteiger partial charge in [-0.3, -0.25) is 4.79 Å². The molecule has 0 bridgehead atoms. The summed E-state index contributed by atoms with van der Waals surface area (Å²) in [5, 5.41) is 16.9. The average molecular weight is 679 g/mol. The van der Waals surface area contributed by atoms with E-state index >= 15 is 0 Å². The highest BCUT2D eigenvalue weighted by molar-refractivity contribution is 5.90. The summed E-state index contributed by atoms with van der Waals surface area (Å²) in [7, 11) is 0. The molecule has 4 heterocycles. The maximum atomic E-state index is 14.9. The van der Waals surface area contributed by atoms with E-state index in [4.69, 9.17) is 9.47 Å². The van der Waals surface area contributed by atoms with Crippen LogP contribution in [0, 0.1) is 19.3 Å². The van der Waals surface area contributed by atoms with Crippen LogP contribution in [-0.4, -0.2) is 75.3 Å². The molecule has 258 valence electrons. The molecule has 2 saturated heterocycles. The predicted octanol–water partition coefficient (Wildman–Crippen LogP) is 5.84. The number of anilines is 1. The lowest BCUT2D eigenvalue weighted by Gasteiger charge is -2.39. The van der Waals surface area contributed by atoms with Crippen molar-refractivity contribution in [2.45, 2.75) is 58.4 Å². The van der Waals surface area contributed by atoms with E-state index in [0.29, 0.717) is 54.3 Å². The van der Waals surface area contributed by atoms with Crippen LogP contribution < -0.4 is 15.0 Å². The Hall–Kier alpha value is -4.98. The molecule has 0 aliphatic carbocycles. The van der Waals surface area contributed by atoms with Crippen molar-refractivity contribution in [3.05, 3.63) is 83.4 Å². The first kappa shape index (κ1) is 33.9. The summed E-state index contributed by atoms with van der Waals surface area (Å²) in [6.07, 6.45) is -3.65. The van der Waals surface area contributed by atoms with E-state index < -0.39 is 30.3 Å². The second kappa shape index (κ2) is 13.5. The highest BCUT2D eigenvalue weighted by atomic mass is 19.4. The highest BCUT2D eigenvalue weighted by Crippen LogP contribution is 2.42. The van der Waals surface area contributed by atoms with Gasteiger partial charge in [-0.1, -0.05) is 24.3 Å². The lowest BCUT2D eigenvalue weighted by Crippen LogP contribution is -2.41. The lowest BCUT2D eigenvalue weighted by molar-refractivity contribution is -0.198. The van der Waals surface area contributed by atoms with Crippen LogP contribution in [0.3, 0.4) is 0 Å². The van der Waals surface area contributed by atoms with Gasteiger partial charge >= 0.3 is 18.1 Å². The number of aryl methyl sites for hydroxylation is 2. The number of rotatable bonds is 9. The molecular formula is C35H37F3N6O5. The molecule has 2 N–H and O–H groups in total. The maximum Gasteiger partial charge on any atom is 0.429 e. The Morgan fingerprint density at radius 1 is 1.04 bits per heavy atom. The van der Waals surface area contributed by atoms with E-state index in [-0.39, 0.29) is 35.0 Å². The topological polar surface area (TPSA) is 132 Å². The SMILES string of the molecule is CCOC(=O)c1ccc(-c2ccc(C(Oc3cc(N4CCC5(CC4)CN[C@H](C(=O)O)C5)nc(C)n3)C(F)(F)F)c(-n3ccc(C)n3)c2)cc1. The van der Waals surface area contributed by atoms with E-state index in [0.717, 1.165) is 12.8 Å². The molecule has 0 saturated carbocycles. The number of esters is 1. The van der Waals surface area contributed by atoms with Crippen molar-refractivity contribution in [2.75, 3.05) is 31.1 Å². The summed E-state index contributed by atoms with van der Waals surface area (Å²) in [6, 6.07) is 13.7. The average Bonchev–Trinajstić information content (AvgIpc) is 3.70. The lowest BCUT2D eigenvalue weighted by atomic mass is 9.76. The fourth-order valence-corrected chi connectivity index (χ4v) is 6.56. The van der Waals surface area contributed by atoms with Gasteiger partial charge in [0.05, 0.1) is 23.6 Å². The molecule has 2 aromatic carbocycles. The van der Waals surface area contributed by atoms with Gasteiger partial charge in [-0.15, -0.1) is 0 Å². The molecule has 0 amide bonds. The molecule has 4 aromatic rings. The molecule has 14 heteroatoms. The van der Waals surface area contributed by atoms with Crippen LogP contribution in [0.5, 0.6) is 5.88 Å². The fraction of sp³-hybridized carbons (Fsp3) is 0.400. The summed E-state index contributed by atoms with van der Waals surface area (Å²) in [4.78, 5) is 34.3. The van der Waals surface area contributed by atoms with E-state index in [1.54, 1.807) is 69.4 Å². The summed E-state index contributed by atoms with van der Waals surface area (Å²) < 4.78 is 56.9. The molecule has 2 fully saturated rings. The van der Waals surface area contributed by atoms with Crippen molar-refractivity contribution in [2.24, 2.45) is 5.41 Å². The molecule has 11 nitrogen and oxygen atoms in total. The minimum atomic E-state index is -4.83. The van der Waals surface area contributed by atoms with Crippen molar-refractivity contribution < 1.29 is 37.3 Å². The number of aliphatic carboxylic acids is 1. The van der Waals surface area contributed by atoms with E-state index in [2.05, 4.69) is 20.4 Å². The Labute approximate surface area is 281 Å². The summed E-state index contributed by atoms with van der Waals surface area (Å²) in [5.74, 6) is -0.846. The number of nitrogens with zero attached hydrogens (tertiary/aromatic N) is 5. The number of nitrogens with one attached hydrogen (secondary N) is 1. The van der Waals surface area contributed by atoms with Gasteiger partial charge in [0.1, 0.15) is 17.7 Å². The number of alkyl halides is 3. The number of hydrogen-bond acceptors (Lipinski definition) is 9. The van der Waals surface area contributed by atoms with Gasteiger partial charge in [0.25, 0.3) is 0 Å². The van der Waals surface area contributed by atoms with Gasteiger partial charge in [-0.25, -0.2) is 14.5 Å². The molecule has 2 aromatic heterocycles. The van der Waals surface area contributed by atoms with Crippen LogP contribution in [-0.2, 0) is 9.53 Å². The maximum absolute atomic E-state index is 14.9. The van der Waals surface area contributed by atoms with Crippen molar-refractivity contribution >= 4 is 17.8 Å². The third-order valence-corrected chi connectivity index (χ3v) is 9.16. The quantitative estimate of drug-likeness (QED) is 0.208. The summed E-state index contributed by atoms with van der Waals surface area (Å²) in [5.41, 5.74) is 2.13. The van der Waals surface area contributed by atoms with E-state index in [1.165, 1.54) is 16.8 Å². The second-order valence-electron chi connectivity index (χ2n) is 12.6. The molecule has 1 unspecified atom stereocenters. The Bertz CT molecular complexity index is 1840. The van der Waals surface area contributed by atoms with Gasteiger partial charge in [0.2, 0.25) is 12.0 Å². The van der Waals surface area contributed by atoms with Crippen LogP contribution in [0.25, 0.3) is 16.8 Å². The van der Waals surface area contributed by atoms with Crippen molar-refractivity contribution in [3.63, 3.8) is 0 Å². The van der Waals surface area contributed by atoms with Crippen LogP contribution in [0.1, 0.15) is 59.7 Å². The Morgan fingerprint density at radius 3 is 2.37 bits per heavy atom. The van der Waals surface area contributed by atoms with Crippen LogP contribution >= 0.6 is 0 Å². The smallest absolute Gasteiger partial charge is 0.429 e. The fourth-order valence-electron chi connectivity index (χ4n) is 6.56. The summed E-state index contributed by atoms with van der Waals surface area (Å²) >= 11 is 0. The normalized spacial score (nSPS) is 18.0. The number of benzene rings is 2. The third-order valence-electron chi connectivity index (χ3n) is 9.16. The highest BCUT2D eigenvalue weighted by Gasteiger charge is 2.46. The van der Waals surface area contributed by atoms with Gasteiger partial charge < -0.3 is 24.8 Å². The standard InChI is InChI=1S/C35H37F3N6O5/c1-4-48-33(47)24-7-5-23(6-8-24)25-9-10-26(28(17-25)44-14-11-21(2)42-44)31(35(36,37)38)49-30-18-29(40-22(3)41-30)43-15-12-34(13-16-43)19-27(32(45)46)39-20-34/h5-11,14,17-18,27,31,39H,4,12-13,15-16,19-20H2,1-3H3,(H,45,46)/t27-,31?/m0/s1. The second-order valence-corrected chi connectivity index (χ2v) is 12.6. The zero-order valence-corrected chi connectivity index (χ0v) is 27.3. The Kier molecular flexibility index (Phi) is 9.34. The first-order valence-electron chi connectivity index (χ1n) is 16.1. The van der Waals surface area contributed by atoms with Gasteiger partial charge in [0.15, 0.2) is 0 Å². The van der Waals surface area contributed by atoms with Gasteiger partial charge in [-0.2, -0.15) is 23.3 Å². The number of carboxylic acids is 1. The summed E-state index contributed by atoms with van der Waals surface area (Å²) in [6.45, 7) is 7.04. The molecule has 1 spiro atoms. The molecule has 0 radical (unpaired) electrons. The molecule has 2 atom stereocenters. The minimum Gasteiger partial charge on any atom is -0.480 e. The van der Waals surface area contributed by atoms with E-state index in [1.807, 2.05) is 4.90 Å². The number of hydrogen-bond donors (Lipinski definition) is 2. The third kappa shape index (κ3) is 7.38. The van der Waals surface area contributed by atoms with Crippen molar-refractivity contribution in [1.82, 2.24) is 25.1 Å². The number of halogens is 3. The minimum absolute atomic E-state index is 0.140. The molecule has 49 heavy (non-hydrogen) atoms. The van der Waals surface area contributed by atoms with Crippen LogP contribution in [0.4, 0.5) is 19.0 Å². The van der Waals surface area contributed by atoms with Gasteiger partial charge in [0, 0.05) is 37.5 Å². The zero-order chi connectivity index (χ0) is 34.9. The first-order chi connectivity index (χ1) is 23.3. The molecule has 6 rings (SSSR count). The zero-order valence-electron chi connectivity index (χ0n) is 27.3. The van der Waals surface area contributed by atoms with Gasteiger partial charge in [-0.05, 0) is 80.8 Å². The van der Waals surface area contributed by atoms with Crippen LogP contribution in [0.15, 0.2) is 60.8 Å². The van der Waals surface area contributed by atoms with E-state index in [9.17, 15) is 27.9 Å². The molecular weight excluding hydrogens is 641 g/mol. The van der Waals surface area contributed by atoms with Crippen molar-refractivity contribution in [3.8, 4) is 22.7 Å². The number of aromatic nitrogens is 4. The molecule has 2 aliphatic rings. The number of ether oxygens (including phenoxy) is 2. The Morgan fingerprint density at radius 2 is 1.76 bits per heavy atom. The number of piperidine rings is 1. The van der Waals surface area contributed by atoms with Crippen molar-refractivity contribution in [1.29, 1.82) is 0 Å². The number of carbonyl (C=O) groups is 2. The first-order valence-corrected chi connectivity index (χ1v) is 16.1. The van der Waals surface area contributed by atoms with Crippen LogP contribution in [0.2, 0.25) is 0 Å². The number of carbonyl (C=O) groups excluding carboxylic acids is 1. The monoisotopic (exact) mass is 678 g/mol. The number of carboxylic acid groups (broad SMARTS) is 1. The largest absolute Gasteiger partial charge is 0.480 e. The molecule has 2 aliphatic heterocycles.